The maximum absolute atomic E-state index is 13.3. The number of carbonyl (C=O) groups is 1. The van der Waals surface area contributed by atoms with Gasteiger partial charge in [-0.15, -0.1) is 0 Å². The number of para-hydroxylation sites is 1. The summed E-state index contributed by atoms with van der Waals surface area (Å²) in [6.07, 6.45) is 3.19. The normalized spacial score (nSPS) is 10.5. The maximum atomic E-state index is 13.3. The van der Waals surface area contributed by atoms with Gasteiger partial charge in [0.2, 0.25) is 5.91 Å². The second-order valence-electron chi connectivity index (χ2n) is 4.31. The first-order valence-electron chi connectivity index (χ1n) is 6.64. The van der Waals surface area contributed by atoms with Gasteiger partial charge in [0.05, 0.1) is 6.54 Å². The smallest absolute Gasteiger partial charge is 0.244 e. The third-order valence-corrected chi connectivity index (χ3v) is 2.72. The van der Waals surface area contributed by atoms with E-state index in [0.29, 0.717) is 6.54 Å². The highest BCUT2D eigenvalue weighted by Crippen LogP contribution is 2.14. The topological polar surface area (TPSA) is 38.3 Å². The molecule has 0 fully saturated rings. The number of hydrogen-bond acceptors (Lipinski definition) is 2. The molecular weight excluding hydrogens is 269 g/mol. The Morgan fingerprint density at radius 2 is 1.81 bits per heavy atom. The van der Waals surface area contributed by atoms with Crippen molar-refractivity contribution in [1.29, 1.82) is 0 Å². The van der Waals surface area contributed by atoms with E-state index in [-0.39, 0.29) is 18.3 Å². The molecule has 0 aliphatic carbocycles. The lowest BCUT2D eigenvalue weighted by Gasteiger charge is -2.07. The van der Waals surface area contributed by atoms with Crippen LogP contribution >= 0.6 is 0 Å². The molecule has 0 saturated heterocycles. The van der Waals surface area contributed by atoms with Gasteiger partial charge in [-0.2, -0.15) is 0 Å². The molecule has 0 aromatic heterocycles. The van der Waals surface area contributed by atoms with Crippen molar-refractivity contribution in [2.24, 2.45) is 0 Å². The largest absolute Gasteiger partial charge is 0.489 e. The van der Waals surface area contributed by atoms with Crippen LogP contribution in [0.3, 0.4) is 0 Å². The van der Waals surface area contributed by atoms with E-state index in [4.69, 9.17) is 4.74 Å². The summed E-state index contributed by atoms with van der Waals surface area (Å²) in [5.41, 5.74) is 0.954. The molecule has 4 heteroatoms. The molecule has 0 atom stereocenters. The fourth-order valence-electron chi connectivity index (χ4n) is 1.69. The van der Waals surface area contributed by atoms with E-state index in [2.05, 4.69) is 5.32 Å². The van der Waals surface area contributed by atoms with Crippen molar-refractivity contribution >= 4 is 12.0 Å². The second-order valence-corrected chi connectivity index (χ2v) is 4.31. The SMILES string of the molecule is O=C(/C=C/c1ccccc1)NCCOc1ccccc1F. The van der Waals surface area contributed by atoms with E-state index in [0.717, 1.165) is 5.56 Å². The van der Waals surface area contributed by atoms with Crippen molar-refractivity contribution in [2.75, 3.05) is 13.2 Å². The number of halogens is 1. The number of hydrogen-bond donors (Lipinski definition) is 1. The van der Waals surface area contributed by atoms with Crippen LogP contribution < -0.4 is 10.1 Å². The zero-order chi connectivity index (χ0) is 14.9. The van der Waals surface area contributed by atoms with Crippen LogP contribution in [-0.4, -0.2) is 19.1 Å². The van der Waals surface area contributed by atoms with Gasteiger partial charge in [-0.05, 0) is 23.8 Å². The Morgan fingerprint density at radius 1 is 1.10 bits per heavy atom. The van der Waals surface area contributed by atoms with Crippen LogP contribution in [0.4, 0.5) is 4.39 Å². The van der Waals surface area contributed by atoms with Crippen LogP contribution in [0.5, 0.6) is 5.75 Å². The van der Waals surface area contributed by atoms with Gasteiger partial charge < -0.3 is 10.1 Å². The van der Waals surface area contributed by atoms with Crippen LogP contribution in [0.1, 0.15) is 5.56 Å². The number of carbonyl (C=O) groups excluding carboxylic acids is 1. The van der Waals surface area contributed by atoms with Crippen LogP contribution in [-0.2, 0) is 4.79 Å². The predicted molar refractivity (Wildman–Crippen MR) is 80.4 cm³/mol. The first-order valence-corrected chi connectivity index (χ1v) is 6.64. The molecule has 0 heterocycles. The zero-order valence-electron chi connectivity index (χ0n) is 11.5. The Balaban J connectivity index is 1.70. The summed E-state index contributed by atoms with van der Waals surface area (Å²) in [6.45, 7) is 0.526. The van der Waals surface area contributed by atoms with E-state index >= 15 is 0 Å². The lowest BCUT2D eigenvalue weighted by atomic mass is 10.2. The fourth-order valence-corrected chi connectivity index (χ4v) is 1.69. The molecule has 2 rings (SSSR count). The minimum absolute atomic E-state index is 0.187. The number of nitrogens with one attached hydrogen (secondary N) is 1. The zero-order valence-corrected chi connectivity index (χ0v) is 11.5. The summed E-state index contributed by atoms with van der Waals surface area (Å²) in [4.78, 5) is 11.6. The molecule has 21 heavy (non-hydrogen) atoms. The van der Waals surface area contributed by atoms with Crippen LogP contribution in [0.25, 0.3) is 6.08 Å². The van der Waals surface area contributed by atoms with Gasteiger partial charge in [0, 0.05) is 6.08 Å². The van der Waals surface area contributed by atoms with E-state index in [1.807, 2.05) is 30.3 Å². The average molecular weight is 285 g/mol. The molecule has 0 unspecified atom stereocenters. The van der Waals surface area contributed by atoms with E-state index < -0.39 is 5.82 Å². The molecule has 0 aliphatic rings. The van der Waals surface area contributed by atoms with Crippen molar-refractivity contribution in [3.63, 3.8) is 0 Å². The van der Waals surface area contributed by atoms with Gasteiger partial charge >= 0.3 is 0 Å². The molecule has 2 aromatic carbocycles. The molecule has 0 radical (unpaired) electrons. The number of ether oxygens (including phenoxy) is 1. The highest BCUT2D eigenvalue weighted by Gasteiger charge is 2.01. The molecule has 2 aromatic rings. The van der Waals surface area contributed by atoms with Gasteiger partial charge in [0.1, 0.15) is 6.61 Å². The lowest BCUT2D eigenvalue weighted by Crippen LogP contribution is -2.26. The van der Waals surface area contributed by atoms with Crippen molar-refractivity contribution in [3.05, 3.63) is 72.1 Å². The fraction of sp³-hybridized carbons (Fsp3) is 0.118. The Morgan fingerprint density at radius 3 is 2.57 bits per heavy atom. The minimum Gasteiger partial charge on any atom is -0.489 e. The molecule has 3 nitrogen and oxygen atoms in total. The van der Waals surface area contributed by atoms with Crippen LogP contribution in [0.15, 0.2) is 60.7 Å². The standard InChI is InChI=1S/C17H16FNO2/c18-15-8-4-5-9-16(15)21-13-12-19-17(20)11-10-14-6-2-1-3-7-14/h1-11H,12-13H2,(H,19,20)/b11-10+. The van der Waals surface area contributed by atoms with E-state index in [1.54, 1.807) is 24.3 Å². The summed E-state index contributed by atoms with van der Waals surface area (Å²) < 4.78 is 18.5. The second kappa shape index (κ2) is 7.85. The number of benzene rings is 2. The van der Waals surface area contributed by atoms with Crippen molar-refractivity contribution in [2.45, 2.75) is 0 Å². The van der Waals surface area contributed by atoms with Crippen molar-refractivity contribution in [1.82, 2.24) is 5.32 Å². The van der Waals surface area contributed by atoms with Gasteiger partial charge in [0.15, 0.2) is 11.6 Å². The quantitative estimate of drug-likeness (QED) is 0.654. The third-order valence-electron chi connectivity index (χ3n) is 2.72. The molecular formula is C17H16FNO2. The number of amides is 1. The molecule has 1 N–H and O–H groups in total. The Labute approximate surface area is 123 Å². The third kappa shape index (κ3) is 5.10. The molecule has 0 saturated carbocycles. The van der Waals surface area contributed by atoms with E-state index in [9.17, 15) is 9.18 Å². The molecule has 0 bridgehead atoms. The lowest BCUT2D eigenvalue weighted by molar-refractivity contribution is -0.116. The molecule has 0 spiro atoms. The van der Waals surface area contributed by atoms with Crippen molar-refractivity contribution < 1.29 is 13.9 Å². The van der Waals surface area contributed by atoms with Gasteiger partial charge in [-0.25, -0.2) is 4.39 Å². The predicted octanol–water partition coefficient (Wildman–Crippen LogP) is 3.03. The summed E-state index contributed by atoms with van der Waals surface area (Å²) in [5, 5.41) is 2.67. The highest BCUT2D eigenvalue weighted by atomic mass is 19.1. The van der Waals surface area contributed by atoms with Crippen LogP contribution in [0.2, 0.25) is 0 Å². The van der Waals surface area contributed by atoms with Crippen LogP contribution in [0, 0.1) is 5.82 Å². The first-order chi connectivity index (χ1) is 10.3. The van der Waals surface area contributed by atoms with Crippen molar-refractivity contribution in [3.8, 4) is 5.75 Å². The van der Waals surface area contributed by atoms with E-state index in [1.165, 1.54) is 12.1 Å². The monoisotopic (exact) mass is 285 g/mol. The summed E-state index contributed by atoms with van der Waals surface area (Å²) in [6, 6.07) is 15.7. The molecule has 108 valence electrons. The maximum Gasteiger partial charge on any atom is 0.244 e. The highest BCUT2D eigenvalue weighted by molar-refractivity contribution is 5.91. The average Bonchev–Trinajstić information content (AvgIpc) is 2.52. The summed E-state index contributed by atoms with van der Waals surface area (Å²) in [7, 11) is 0. The molecule has 0 aliphatic heterocycles. The van der Waals surface area contributed by atoms with Gasteiger partial charge in [-0.3, -0.25) is 4.79 Å². The Bertz CT molecular complexity index is 611. The Hall–Kier alpha value is -2.62. The number of rotatable bonds is 6. The first kappa shape index (κ1) is 14.8. The Kier molecular flexibility index (Phi) is 5.52. The minimum atomic E-state index is -0.409. The van der Waals surface area contributed by atoms with Gasteiger partial charge in [0.25, 0.3) is 0 Å². The summed E-state index contributed by atoms with van der Waals surface area (Å²) in [5.74, 6) is -0.435. The molecule has 1 amide bonds. The summed E-state index contributed by atoms with van der Waals surface area (Å²) >= 11 is 0. The van der Waals surface area contributed by atoms with Gasteiger partial charge in [-0.1, -0.05) is 42.5 Å².